The maximum Gasteiger partial charge on any atom is 0.306 e. The molecule has 1 unspecified atom stereocenters. The Balaban J connectivity index is 0.00000163. The van der Waals surface area contributed by atoms with Crippen molar-refractivity contribution in [3.8, 4) is 11.8 Å². The molecule has 1 N–H and O–H groups in total. The zero-order valence-electron chi connectivity index (χ0n) is 16.1. The predicted octanol–water partition coefficient (Wildman–Crippen LogP) is 3.07. The minimum absolute atomic E-state index is 0.158. The molecular formula is C20H29FN2O3. The van der Waals surface area contributed by atoms with Gasteiger partial charge in [0.15, 0.2) is 5.82 Å². The van der Waals surface area contributed by atoms with Gasteiger partial charge in [-0.05, 0) is 38.5 Å². The summed E-state index contributed by atoms with van der Waals surface area (Å²) in [5.41, 5.74) is 1.34. The van der Waals surface area contributed by atoms with Gasteiger partial charge in [0, 0.05) is 19.2 Å². The molecule has 1 aromatic heterocycles. The number of pyridine rings is 1. The van der Waals surface area contributed by atoms with Gasteiger partial charge in [-0.15, -0.1) is 0 Å². The molecule has 0 spiro atoms. The topological polar surface area (TPSA) is 62.7 Å². The number of rotatable bonds is 4. The molecule has 1 aliphatic heterocycles. The van der Waals surface area contributed by atoms with Crippen LogP contribution in [0.5, 0.6) is 0 Å². The summed E-state index contributed by atoms with van der Waals surface area (Å²) in [5, 5.41) is 8.72. The minimum Gasteiger partial charge on any atom is -0.466 e. The maximum atomic E-state index is 14.5. The van der Waals surface area contributed by atoms with Crippen LogP contribution in [0.25, 0.3) is 0 Å². The minimum atomic E-state index is -0.374. The molecule has 0 amide bonds. The van der Waals surface area contributed by atoms with Crippen LogP contribution in [0.1, 0.15) is 51.4 Å². The monoisotopic (exact) mass is 364 g/mol. The molecule has 0 aromatic carbocycles. The van der Waals surface area contributed by atoms with Gasteiger partial charge in [-0.1, -0.05) is 19.8 Å². The second-order valence-corrected chi connectivity index (χ2v) is 5.85. The molecule has 1 saturated heterocycles. The highest BCUT2D eigenvalue weighted by Crippen LogP contribution is 2.29. The van der Waals surface area contributed by atoms with Crippen molar-refractivity contribution >= 4 is 11.7 Å². The fourth-order valence-corrected chi connectivity index (χ4v) is 3.09. The fraction of sp³-hybridized carbons (Fsp3) is 0.600. The van der Waals surface area contributed by atoms with Crippen LogP contribution in [0.3, 0.4) is 0 Å². The summed E-state index contributed by atoms with van der Waals surface area (Å²) in [6.07, 6.45) is 2.19. The third-order valence-corrected chi connectivity index (χ3v) is 4.01. The van der Waals surface area contributed by atoms with Crippen molar-refractivity contribution in [2.75, 3.05) is 31.2 Å². The van der Waals surface area contributed by atoms with Gasteiger partial charge >= 0.3 is 5.97 Å². The Kier molecular flexibility index (Phi) is 9.67. The number of aliphatic hydroxyl groups is 1. The Morgan fingerprint density at radius 3 is 2.85 bits per heavy atom. The molecule has 26 heavy (non-hydrogen) atoms. The number of nitrogens with zero attached hydrogens (tertiary/aromatic N) is 2. The van der Waals surface area contributed by atoms with E-state index in [4.69, 9.17) is 9.84 Å². The van der Waals surface area contributed by atoms with Crippen molar-refractivity contribution in [1.29, 1.82) is 0 Å². The number of carbonyl (C=O) groups excluding carboxylic acids is 1. The first kappa shape index (κ1) is 21.9. The Morgan fingerprint density at radius 2 is 2.23 bits per heavy atom. The zero-order chi connectivity index (χ0) is 19.5. The molecule has 1 aliphatic rings. The highest BCUT2D eigenvalue weighted by Gasteiger charge is 2.26. The Morgan fingerprint density at radius 1 is 1.50 bits per heavy atom. The molecule has 6 heteroatoms. The van der Waals surface area contributed by atoms with E-state index < -0.39 is 0 Å². The molecule has 0 bridgehead atoms. The molecule has 144 valence electrons. The highest BCUT2D eigenvalue weighted by molar-refractivity contribution is 5.69. The van der Waals surface area contributed by atoms with Crippen molar-refractivity contribution < 1.29 is 19.0 Å². The average molecular weight is 364 g/mol. The number of hydrogen-bond acceptors (Lipinski definition) is 5. The highest BCUT2D eigenvalue weighted by atomic mass is 19.1. The first-order chi connectivity index (χ1) is 12.5. The number of carbonyl (C=O) groups is 1. The predicted molar refractivity (Wildman–Crippen MR) is 100 cm³/mol. The van der Waals surface area contributed by atoms with E-state index in [1.54, 1.807) is 13.8 Å². The molecule has 2 heterocycles. The number of aromatic nitrogens is 1. The first-order valence-electron chi connectivity index (χ1n) is 9.22. The second-order valence-electron chi connectivity index (χ2n) is 5.85. The number of hydrogen-bond donors (Lipinski definition) is 1. The van der Waals surface area contributed by atoms with Crippen LogP contribution < -0.4 is 4.90 Å². The van der Waals surface area contributed by atoms with Crippen LogP contribution in [-0.2, 0) is 9.53 Å². The first-order valence-corrected chi connectivity index (χ1v) is 9.22. The lowest BCUT2D eigenvalue weighted by molar-refractivity contribution is -0.144. The molecule has 5 nitrogen and oxygen atoms in total. The molecule has 0 aliphatic carbocycles. The van der Waals surface area contributed by atoms with Gasteiger partial charge in [-0.3, -0.25) is 4.79 Å². The largest absolute Gasteiger partial charge is 0.466 e. The fourth-order valence-electron chi connectivity index (χ4n) is 3.09. The summed E-state index contributed by atoms with van der Waals surface area (Å²) < 4.78 is 19.5. The summed E-state index contributed by atoms with van der Waals surface area (Å²) in [6, 6.07) is 1.29. The number of aliphatic hydroxyl groups excluding tert-OH is 1. The third kappa shape index (κ3) is 6.30. The van der Waals surface area contributed by atoms with Crippen LogP contribution in [-0.4, -0.2) is 42.4 Å². The van der Waals surface area contributed by atoms with E-state index in [1.165, 1.54) is 6.07 Å². The van der Waals surface area contributed by atoms with Crippen molar-refractivity contribution in [2.45, 2.75) is 47.0 Å². The van der Waals surface area contributed by atoms with E-state index in [1.807, 2.05) is 18.7 Å². The summed E-state index contributed by atoms with van der Waals surface area (Å²) in [5.74, 6) is 4.68. The Bertz CT molecular complexity index is 629. The van der Waals surface area contributed by atoms with Crippen molar-refractivity contribution in [3.05, 3.63) is 23.3 Å². The van der Waals surface area contributed by atoms with Crippen LogP contribution in [0, 0.1) is 30.5 Å². The molecular weight excluding hydrogens is 335 g/mol. The van der Waals surface area contributed by atoms with Gasteiger partial charge in [-0.25, -0.2) is 9.37 Å². The van der Waals surface area contributed by atoms with Gasteiger partial charge in [0.1, 0.15) is 12.3 Å². The molecule has 1 fully saturated rings. The second kappa shape index (κ2) is 11.5. The quantitative estimate of drug-likeness (QED) is 0.657. The van der Waals surface area contributed by atoms with Crippen LogP contribution >= 0.6 is 0 Å². The number of piperidine rings is 1. The van der Waals surface area contributed by atoms with E-state index in [2.05, 4.69) is 16.8 Å². The van der Waals surface area contributed by atoms with Gasteiger partial charge < -0.3 is 14.7 Å². The Labute approximate surface area is 155 Å². The van der Waals surface area contributed by atoms with Gasteiger partial charge in [-0.2, -0.15) is 0 Å². The normalized spacial score (nSPS) is 16.1. The number of halogens is 1. The van der Waals surface area contributed by atoms with Crippen molar-refractivity contribution in [3.63, 3.8) is 0 Å². The number of esters is 1. The van der Waals surface area contributed by atoms with E-state index >= 15 is 0 Å². The molecule has 0 radical (unpaired) electrons. The molecule has 0 saturated carbocycles. The van der Waals surface area contributed by atoms with E-state index in [0.717, 1.165) is 19.4 Å². The smallest absolute Gasteiger partial charge is 0.306 e. The standard InChI is InChI=1S/C18H23FN2O3.C2H6/c1-3-24-17(23)10-14-6-4-8-21(12-14)18-13(2)20-15(7-5-9-22)11-16(18)19;1-2/h11,14,22H,3-4,6,8-10,12H2,1-2H3;1-2H3. The van der Waals surface area contributed by atoms with E-state index in [0.29, 0.717) is 36.6 Å². The summed E-state index contributed by atoms with van der Waals surface area (Å²) in [4.78, 5) is 17.9. The van der Waals surface area contributed by atoms with Crippen LogP contribution in [0.4, 0.5) is 10.1 Å². The summed E-state index contributed by atoms with van der Waals surface area (Å²) in [7, 11) is 0. The molecule has 1 atom stereocenters. The number of aryl methyl sites for hydroxylation is 1. The lowest BCUT2D eigenvalue weighted by Gasteiger charge is -2.34. The number of anilines is 1. The SMILES string of the molecule is CC.CCOC(=O)CC1CCCN(c2c(F)cc(C#CCO)nc2C)C1. The van der Waals surface area contributed by atoms with Gasteiger partial charge in [0.25, 0.3) is 0 Å². The van der Waals surface area contributed by atoms with Gasteiger partial charge in [0.2, 0.25) is 0 Å². The number of ether oxygens (including phenoxy) is 1. The zero-order valence-corrected chi connectivity index (χ0v) is 16.1. The maximum absolute atomic E-state index is 14.5. The van der Waals surface area contributed by atoms with Gasteiger partial charge in [0.05, 0.1) is 24.4 Å². The van der Waals surface area contributed by atoms with Crippen LogP contribution in [0.15, 0.2) is 6.07 Å². The third-order valence-electron chi connectivity index (χ3n) is 4.01. The van der Waals surface area contributed by atoms with Crippen molar-refractivity contribution in [2.24, 2.45) is 5.92 Å². The summed E-state index contributed by atoms with van der Waals surface area (Å²) in [6.45, 7) is 8.98. The van der Waals surface area contributed by atoms with E-state index in [-0.39, 0.29) is 24.3 Å². The van der Waals surface area contributed by atoms with Crippen LogP contribution in [0.2, 0.25) is 0 Å². The van der Waals surface area contributed by atoms with Crippen molar-refractivity contribution in [1.82, 2.24) is 4.98 Å². The van der Waals surface area contributed by atoms with E-state index in [9.17, 15) is 9.18 Å². The Hall–Kier alpha value is -2.13. The molecule has 1 aromatic rings. The lowest BCUT2D eigenvalue weighted by Crippen LogP contribution is -2.37. The average Bonchev–Trinajstić information content (AvgIpc) is 2.61. The molecule has 2 rings (SSSR count). The lowest BCUT2D eigenvalue weighted by atomic mass is 9.94. The summed E-state index contributed by atoms with van der Waals surface area (Å²) >= 11 is 0.